The van der Waals surface area contributed by atoms with Crippen LogP contribution in [0.15, 0.2) is 22.8 Å². The van der Waals surface area contributed by atoms with Crippen molar-refractivity contribution in [1.82, 2.24) is 10.2 Å². The molecule has 1 N–H and O–H groups in total. The third-order valence-electron chi connectivity index (χ3n) is 5.12. The van der Waals surface area contributed by atoms with Gasteiger partial charge in [0.2, 0.25) is 0 Å². The second-order valence-electron chi connectivity index (χ2n) is 6.50. The van der Waals surface area contributed by atoms with Crippen molar-refractivity contribution >= 4 is 0 Å². The van der Waals surface area contributed by atoms with Crippen LogP contribution in [0.4, 0.5) is 0 Å². The SMILES string of the molecule is CCC1CNC(C)(C2CC2)CN1C(C)c1ccco1. The highest BCUT2D eigenvalue weighted by Gasteiger charge is 2.46. The summed E-state index contributed by atoms with van der Waals surface area (Å²) in [6.07, 6.45) is 5.76. The van der Waals surface area contributed by atoms with Crippen molar-refractivity contribution in [3.63, 3.8) is 0 Å². The average molecular weight is 262 g/mol. The Morgan fingerprint density at radius 1 is 1.53 bits per heavy atom. The highest BCUT2D eigenvalue weighted by atomic mass is 16.3. The zero-order valence-electron chi connectivity index (χ0n) is 12.4. The summed E-state index contributed by atoms with van der Waals surface area (Å²) in [5.74, 6) is 1.97. The minimum Gasteiger partial charge on any atom is -0.468 e. The Labute approximate surface area is 116 Å². The number of rotatable bonds is 4. The molecule has 19 heavy (non-hydrogen) atoms. The second-order valence-corrected chi connectivity index (χ2v) is 6.50. The first-order chi connectivity index (χ1) is 9.14. The van der Waals surface area contributed by atoms with Gasteiger partial charge in [0, 0.05) is 24.7 Å². The Morgan fingerprint density at radius 3 is 2.89 bits per heavy atom. The summed E-state index contributed by atoms with van der Waals surface area (Å²) >= 11 is 0. The van der Waals surface area contributed by atoms with Gasteiger partial charge in [-0.2, -0.15) is 0 Å². The molecular weight excluding hydrogens is 236 g/mol. The normalized spacial score (nSPS) is 34.4. The third kappa shape index (κ3) is 2.46. The molecule has 3 atom stereocenters. The summed E-state index contributed by atoms with van der Waals surface area (Å²) < 4.78 is 5.62. The van der Waals surface area contributed by atoms with E-state index in [4.69, 9.17) is 4.42 Å². The van der Waals surface area contributed by atoms with Crippen LogP contribution in [-0.2, 0) is 0 Å². The number of nitrogens with zero attached hydrogens (tertiary/aromatic N) is 1. The van der Waals surface area contributed by atoms with E-state index in [0.717, 1.165) is 24.8 Å². The lowest BCUT2D eigenvalue weighted by Crippen LogP contribution is -2.64. The molecule has 3 rings (SSSR count). The van der Waals surface area contributed by atoms with Gasteiger partial charge in [0.25, 0.3) is 0 Å². The van der Waals surface area contributed by atoms with Crippen LogP contribution >= 0.6 is 0 Å². The van der Waals surface area contributed by atoms with Gasteiger partial charge < -0.3 is 9.73 Å². The Bertz CT molecular complexity index is 412. The van der Waals surface area contributed by atoms with Crippen molar-refractivity contribution in [2.24, 2.45) is 5.92 Å². The summed E-state index contributed by atoms with van der Waals surface area (Å²) in [5.41, 5.74) is 0.298. The molecule has 3 heteroatoms. The van der Waals surface area contributed by atoms with Gasteiger partial charge in [-0.25, -0.2) is 0 Å². The Morgan fingerprint density at radius 2 is 2.32 bits per heavy atom. The number of hydrogen-bond donors (Lipinski definition) is 1. The zero-order valence-corrected chi connectivity index (χ0v) is 12.4. The van der Waals surface area contributed by atoms with Crippen molar-refractivity contribution in [2.75, 3.05) is 13.1 Å². The Kier molecular flexibility index (Phi) is 3.44. The van der Waals surface area contributed by atoms with Crippen molar-refractivity contribution in [3.05, 3.63) is 24.2 Å². The first-order valence-electron chi connectivity index (χ1n) is 7.68. The molecule has 0 bridgehead atoms. The van der Waals surface area contributed by atoms with Gasteiger partial charge in [-0.05, 0) is 51.2 Å². The maximum atomic E-state index is 5.62. The second kappa shape index (κ2) is 4.95. The number of nitrogens with one attached hydrogen (secondary N) is 1. The quantitative estimate of drug-likeness (QED) is 0.903. The van der Waals surface area contributed by atoms with Crippen LogP contribution in [0.2, 0.25) is 0 Å². The van der Waals surface area contributed by atoms with Crippen LogP contribution in [0.5, 0.6) is 0 Å². The molecule has 3 nitrogen and oxygen atoms in total. The van der Waals surface area contributed by atoms with Crippen molar-refractivity contribution in [3.8, 4) is 0 Å². The molecule has 0 radical (unpaired) electrons. The largest absolute Gasteiger partial charge is 0.468 e. The average Bonchev–Trinajstić information content (AvgIpc) is 3.15. The van der Waals surface area contributed by atoms with Crippen LogP contribution in [0.25, 0.3) is 0 Å². The van der Waals surface area contributed by atoms with Gasteiger partial charge in [-0.1, -0.05) is 6.92 Å². The standard InChI is InChI=1S/C16H26N2O/c1-4-14-10-17-16(3,13-7-8-13)11-18(14)12(2)15-6-5-9-19-15/h5-6,9,12-14,17H,4,7-8,10-11H2,1-3H3. The van der Waals surface area contributed by atoms with Crippen LogP contribution in [0.3, 0.4) is 0 Å². The van der Waals surface area contributed by atoms with E-state index in [9.17, 15) is 0 Å². The van der Waals surface area contributed by atoms with Crippen molar-refractivity contribution in [2.45, 2.75) is 57.7 Å². The van der Waals surface area contributed by atoms with Gasteiger partial charge in [-0.15, -0.1) is 0 Å². The van der Waals surface area contributed by atoms with Gasteiger partial charge in [0.05, 0.1) is 12.3 Å². The van der Waals surface area contributed by atoms with E-state index >= 15 is 0 Å². The van der Waals surface area contributed by atoms with Gasteiger partial charge in [0.1, 0.15) is 5.76 Å². The Balaban J connectivity index is 1.78. The molecule has 1 aliphatic carbocycles. The van der Waals surface area contributed by atoms with Crippen molar-refractivity contribution in [1.29, 1.82) is 0 Å². The molecule has 0 spiro atoms. The van der Waals surface area contributed by atoms with E-state index in [0.29, 0.717) is 17.6 Å². The Hall–Kier alpha value is -0.800. The molecule has 106 valence electrons. The van der Waals surface area contributed by atoms with Crippen LogP contribution in [0, 0.1) is 5.92 Å². The lowest BCUT2D eigenvalue weighted by Gasteiger charge is -2.48. The first-order valence-corrected chi connectivity index (χ1v) is 7.68. The number of furan rings is 1. The predicted molar refractivity (Wildman–Crippen MR) is 77.0 cm³/mol. The molecule has 0 aromatic carbocycles. The van der Waals surface area contributed by atoms with Crippen LogP contribution in [0.1, 0.15) is 51.8 Å². The van der Waals surface area contributed by atoms with E-state index in [1.165, 1.54) is 19.3 Å². The maximum absolute atomic E-state index is 5.62. The van der Waals surface area contributed by atoms with Crippen LogP contribution < -0.4 is 5.32 Å². The minimum atomic E-state index is 0.298. The van der Waals surface area contributed by atoms with E-state index in [-0.39, 0.29) is 0 Å². The predicted octanol–water partition coefficient (Wildman–Crippen LogP) is 3.19. The summed E-state index contributed by atoms with van der Waals surface area (Å²) in [6.45, 7) is 9.21. The molecule has 1 aromatic heterocycles. The monoisotopic (exact) mass is 262 g/mol. The van der Waals surface area contributed by atoms with E-state index in [1.807, 2.05) is 6.07 Å². The highest BCUT2D eigenvalue weighted by molar-refractivity contribution is 5.09. The smallest absolute Gasteiger partial charge is 0.120 e. The molecule has 1 saturated carbocycles. The van der Waals surface area contributed by atoms with E-state index < -0.39 is 0 Å². The van der Waals surface area contributed by atoms with E-state index in [1.54, 1.807) is 6.26 Å². The van der Waals surface area contributed by atoms with Crippen molar-refractivity contribution < 1.29 is 4.42 Å². The molecule has 1 aromatic rings. The molecule has 1 aliphatic heterocycles. The van der Waals surface area contributed by atoms with Gasteiger partial charge >= 0.3 is 0 Å². The first kappa shape index (κ1) is 13.2. The fourth-order valence-electron chi connectivity index (χ4n) is 3.55. The fourth-order valence-corrected chi connectivity index (χ4v) is 3.55. The molecule has 2 fully saturated rings. The summed E-state index contributed by atoms with van der Waals surface area (Å²) in [5, 5.41) is 3.82. The highest BCUT2D eigenvalue weighted by Crippen LogP contribution is 2.42. The molecular formula is C16H26N2O. The fraction of sp³-hybridized carbons (Fsp3) is 0.750. The summed E-state index contributed by atoms with van der Waals surface area (Å²) in [7, 11) is 0. The summed E-state index contributed by atoms with van der Waals surface area (Å²) in [4.78, 5) is 2.65. The topological polar surface area (TPSA) is 28.4 Å². The zero-order chi connectivity index (χ0) is 13.5. The minimum absolute atomic E-state index is 0.298. The molecule has 2 heterocycles. The molecule has 2 aliphatic rings. The lowest BCUT2D eigenvalue weighted by atomic mass is 9.89. The third-order valence-corrected chi connectivity index (χ3v) is 5.12. The molecule has 0 amide bonds. The van der Waals surface area contributed by atoms with Crippen LogP contribution in [-0.4, -0.2) is 29.6 Å². The lowest BCUT2D eigenvalue weighted by molar-refractivity contribution is 0.0347. The number of hydrogen-bond acceptors (Lipinski definition) is 3. The van der Waals surface area contributed by atoms with Gasteiger partial charge in [0.15, 0.2) is 0 Å². The molecule has 1 saturated heterocycles. The molecule has 3 unspecified atom stereocenters. The van der Waals surface area contributed by atoms with Gasteiger partial charge in [-0.3, -0.25) is 4.90 Å². The number of piperazine rings is 1. The van der Waals surface area contributed by atoms with E-state index in [2.05, 4.69) is 37.1 Å². The maximum Gasteiger partial charge on any atom is 0.120 e. The summed E-state index contributed by atoms with van der Waals surface area (Å²) in [6, 6.07) is 5.09.